The van der Waals surface area contributed by atoms with E-state index in [1.165, 1.54) is 0 Å². The molecule has 0 amide bonds. The molecule has 0 saturated heterocycles. The highest BCUT2D eigenvalue weighted by molar-refractivity contribution is 5.48. The molecule has 0 saturated carbocycles. The van der Waals surface area contributed by atoms with Crippen LogP contribution in [0, 0.1) is 6.92 Å². The van der Waals surface area contributed by atoms with E-state index in [9.17, 15) is 5.11 Å². The average molecular weight is 258 g/mol. The van der Waals surface area contributed by atoms with Crippen LogP contribution in [0.25, 0.3) is 0 Å². The minimum atomic E-state index is -0.617. The zero-order chi connectivity index (χ0) is 13.9. The highest BCUT2D eigenvalue weighted by Crippen LogP contribution is 2.25. The first kappa shape index (κ1) is 13.3. The maximum atomic E-state index is 9.70. The summed E-state index contributed by atoms with van der Waals surface area (Å²) in [6.07, 6.45) is 0. The monoisotopic (exact) mass is 258 g/mol. The number of aromatic nitrogens is 2. The summed E-state index contributed by atoms with van der Waals surface area (Å²) in [4.78, 5) is 8.31. The average Bonchev–Trinajstić information content (AvgIpc) is 2.38. The fraction of sp³-hybridized carbons (Fsp3) is 0.286. The van der Waals surface area contributed by atoms with E-state index in [4.69, 9.17) is 5.73 Å². The van der Waals surface area contributed by atoms with Gasteiger partial charge in [0, 0.05) is 6.07 Å². The smallest absolute Gasteiger partial charge is 0.132 e. The molecule has 5 heteroatoms. The van der Waals surface area contributed by atoms with Gasteiger partial charge in [-0.15, -0.1) is 0 Å². The summed E-state index contributed by atoms with van der Waals surface area (Å²) in [7, 11) is 0. The van der Waals surface area contributed by atoms with Crippen LogP contribution in [-0.4, -0.2) is 21.7 Å². The second-order valence-corrected chi connectivity index (χ2v) is 4.71. The second-order valence-electron chi connectivity index (χ2n) is 4.71. The molecular weight excluding hydrogens is 240 g/mol. The Morgan fingerprint density at radius 3 is 2.53 bits per heavy atom. The summed E-state index contributed by atoms with van der Waals surface area (Å²) >= 11 is 0. The standard InChI is InChI=1S/C14H18N4O/c1-10-16-12(15)8-13(17-10)18-14(2,9-19)11-6-4-3-5-7-11/h3-8,19H,9H2,1-2H3,(H3,15,16,17,18). The van der Waals surface area contributed by atoms with Crippen molar-refractivity contribution in [3.8, 4) is 0 Å². The van der Waals surface area contributed by atoms with Gasteiger partial charge >= 0.3 is 0 Å². The Labute approximate surface area is 112 Å². The van der Waals surface area contributed by atoms with Gasteiger partial charge in [0.1, 0.15) is 17.5 Å². The number of hydrogen-bond donors (Lipinski definition) is 3. The number of nitrogens with one attached hydrogen (secondary N) is 1. The number of hydrogen-bond acceptors (Lipinski definition) is 5. The van der Waals surface area contributed by atoms with Gasteiger partial charge in [-0.25, -0.2) is 9.97 Å². The molecule has 2 rings (SSSR count). The number of aryl methyl sites for hydroxylation is 1. The molecule has 1 aromatic carbocycles. The van der Waals surface area contributed by atoms with Crippen molar-refractivity contribution in [2.24, 2.45) is 0 Å². The lowest BCUT2D eigenvalue weighted by Gasteiger charge is -2.30. The van der Waals surface area contributed by atoms with Crippen LogP contribution in [0.4, 0.5) is 11.6 Å². The maximum absolute atomic E-state index is 9.70. The summed E-state index contributed by atoms with van der Waals surface area (Å²) in [5.41, 5.74) is 6.07. The van der Waals surface area contributed by atoms with Crippen molar-refractivity contribution in [2.75, 3.05) is 17.7 Å². The van der Waals surface area contributed by atoms with Gasteiger partial charge in [-0.3, -0.25) is 0 Å². The van der Waals surface area contributed by atoms with Crippen molar-refractivity contribution in [1.82, 2.24) is 9.97 Å². The predicted octanol–water partition coefficient (Wildman–Crippen LogP) is 1.69. The summed E-state index contributed by atoms with van der Waals surface area (Å²) in [5.74, 6) is 1.60. The third-order valence-corrected chi connectivity index (χ3v) is 2.99. The van der Waals surface area contributed by atoms with E-state index >= 15 is 0 Å². The molecule has 1 atom stereocenters. The van der Waals surface area contributed by atoms with Gasteiger partial charge in [0.05, 0.1) is 12.1 Å². The number of aliphatic hydroxyl groups excluding tert-OH is 1. The highest BCUT2D eigenvalue weighted by Gasteiger charge is 2.26. The van der Waals surface area contributed by atoms with E-state index in [0.29, 0.717) is 17.5 Å². The van der Waals surface area contributed by atoms with E-state index in [0.717, 1.165) is 5.56 Å². The largest absolute Gasteiger partial charge is 0.394 e. The number of nitrogens with zero attached hydrogens (tertiary/aromatic N) is 2. The van der Waals surface area contributed by atoms with Crippen molar-refractivity contribution in [1.29, 1.82) is 0 Å². The summed E-state index contributed by atoms with van der Waals surface area (Å²) in [6.45, 7) is 3.64. The molecular formula is C14H18N4O. The van der Waals surface area contributed by atoms with Crippen molar-refractivity contribution >= 4 is 11.6 Å². The van der Waals surface area contributed by atoms with Gasteiger partial charge < -0.3 is 16.2 Å². The quantitative estimate of drug-likeness (QED) is 0.777. The fourth-order valence-electron chi connectivity index (χ4n) is 1.95. The molecule has 0 aliphatic heterocycles. The first-order valence-corrected chi connectivity index (χ1v) is 6.09. The summed E-state index contributed by atoms with van der Waals surface area (Å²) < 4.78 is 0. The van der Waals surface area contributed by atoms with E-state index in [2.05, 4.69) is 15.3 Å². The van der Waals surface area contributed by atoms with Crippen LogP contribution in [0.2, 0.25) is 0 Å². The SMILES string of the molecule is Cc1nc(N)cc(NC(C)(CO)c2ccccc2)n1. The number of anilines is 2. The summed E-state index contributed by atoms with van der Waals surface area (Å²) in [5, 5.41) is 12.9. The lowest BCUT2D eigenvalue weighted by Crippen LogP contribution is -2.36. The van der Waals surface area contributed by atoms with E-state index < -0.39 is 5.54 Å². The molecule has 0 aliphatic rings. The lowest BCUT2D eigenvalue weighted by atomic mass is 9.93. The minimum absolute atomic E-state index is 0.0556. The van der Waals surface area contributed by atoms with E-state index in [1.807, 2.05) is 37.3 Å². The molecule has 0 bridgehead atoms. The molecule has 0 aliphatic carbocycles. The van der Waals surface area contributed by atoms with Crippen LogP contribution in [-0.2, 0) is 5.54 Å². The molecule has 1 aromatic heterocycles. The molecule has 1 unspecified atom stereocenters. The fourth-order valence-corrected chi connectivity index (χ4v) is 1.95. The van der Waals surface area contributed by atoms with Crippen molar-refractivity contribution in [3.05, 3.63) is 47.8 Å². The highest BCUT2D eigenvalue weighted by atomic mass is 16.3. The molecule has 5 nitrogen and oxygen atoms in total. The van der Waals surface area contributed by atoms with Crippen LogP contribution in [0.5, 0.6) is 0 Å². The number of benzene rings is 1. The Morgan fingerprint density at radius 2 is 1.95 bits per heavy atom. The zero-order valence-electron chi connectivity index (χ0n) is 11.1. The normalized spacial score (nSPS) is 13.8. The Morgan fingerprint density at radius 1 is 1.26 bits per heavy atom. The Kier molecular flexibility index (Phi) is 3.66. The molecule has 19 heavy (non-hydrogen) atoms. The van der Waals surface area contributed by atoms with Gasteiger partial charge in [-0.05, 0) is 19.4 Å². The molecule has 1 heterocycles. The first-order valence-electron chi connectivity index (χ1n) is 6.09. The van der Waals surface area contributed by atoms with Crippen molar-refractivity contribution in [2.45, 2.75) is 19.4 Å². The summed E-state index contributed by atoms with van der Waals surface area (Å²) in [6, 6.07) is 11.4. The van der Waals surface area contributed by atoms with Crippen LogP contribution in [0.15, 0.2) is 36.4 Å². The Balaban J connectivity index is 2.33. The van der Waals surface area contributed by atoms with Gasteiger partial charge in [-0.1, -0.05) is 30.3 Å². The van der Waals surface area contributed by atoms with Gasteiger partial charge in [0.25, 0.3) is 0 Å². The van der Waals surface area contributed by atoms with Crippen molar-refractivity contribution in [3.63, 3.8) is 0 Å². The third kappa shape index (κ3) is 3.00. The molecule has 0 spiro atoms. The molecule has 0 radical (unpaired) electrons. The zero-order valence-corrected chi connectivity index (χ0v) is 11.1. The number of rotatable bonds is 4. The number of aliphatic hydroxyl groups is 1. The molecule has 2 aromatic rings. The van der Waals surface area contributed by atoms with Crippen LogP contribution >= 0.6 is 0 Å². The topological polar surface area (TPSA) is 84.1 Å². The minimum Gasteiger partial charge on any atom is -0.394 e. The Hall–Kier alpha value is -2.14. The van der Waals surface area contributed by atoms with E-state index in [1.54, 1.807) is 13.0 Å². The molecule has 0 fully saturated rings. The predicted molar refractivity (Wildman–Crippen MR) is 75.7 cm³/mol. The molecule has 100 valence electrons. The lowest BCUT2D eigenvalue weighted by molar-refractivity contribution is 0.223. The van der Waals surface area contributed by atoms with Gasteiger partial charge in [0.15, 0.2) is 0 Å². The maximum Gasteiger partial charge on any atom is 0.132 e. The van der Waals surface area contributed by atoms with Crippen LogP contribution < -0.4 is 11.1 Å². The van der Waals surface area contributed by atoms with Gasteiger partial charge in [0.2, 0.25) is 0 Å². The Bertz CT molecular complexity index is 538. The molecule has 4 N–H and O–H groups in total. The number of nitrogens with two attached hydrogens (primary N) is 1. The second kappa shape index (κ2) is 5.24. The first-order chi connectivity index (χ1) is 9.03. The van der Waals surface area contributed by atoms with Crippen LogP contribution in [0.3, 0.4) is 0 Å². The van der Waals surface area contributed by atoms with Gasteiger partial charge in [-0.2, -0.15) is 0 Å². The van der Waals surface area contributed by atoms with Crippen molar-refractivity contribution < 1.29 is 5.11 Å². The van der Waals surface area contributed by atoms with E-state index in [-0.39, 0.29) is 6.61 Å². The van der Waals surface area contributed by atoms with Crippen LogP contribution in [0.1, 0.15) is 18.3 Å². The third-order valence-electron chi connectivity index (χ3n) is 2.99. The number of nitrogen functional groups attached to an aromatic ring is 1.